The molecule has 0 aromatic heterocycles. The molecular weight excluding hydrogens is 286 g/mol. The second-order valence-electron chi connectivity index (χ2n) is 5.97. The first-order chi connectivity index (χ1) is 10.1. The van der Waals surface area contributed by atoms with Gasteiger partial charge in [-0.2, -0.15) is 12.7 Å². The van der Waals surface area contributed by atoms with Gasteiger partial charge < -0.3 is 5.32 Å². The number of hydrogen-bond acceptors (Lipinski definition) is 3. The van der Waals surface area contributed by atoms with Gasteiger partial charge in [0.2, 0.25) is 0 Å². The molecule has 1 aromatic carbocycles. The van der Waals surface area contributed by atoms with Crippen LogP contribution in [0.5, 0.6) is 0 Å². The Morgan fingerprint density at radius 3 is 2.95 bits per heavy atom. The summed E-state index contributed by atoms with van der Waals surface area (Å²) in [6.45, 7) is 4.40. The molecule has 0 bridgehead atoms. The number of hydrogen-bond donors (Lipinski definition) is 2. The van der Waals surface area contributed by atoms with Gasteiger partial charge in [-0.15, -0.1) is 0 Å². The highest BCUT2D eigenvalue weighted by atomic mass is 32.2. The van der Waals surface area contributed by atoms with Crippen LogP contribution in [0.3, 0.4) is 0 Å². The van der Waals surface area contributed by atoms with E-state index in [1.54, 1.807) is 4.31 Å². The third kappa shape index (κ3) is 3.22. The average molecular weight is 309 g/mol. The largest absolute Gasteiger partial charge is 0.312 e. The van der Waals surface area contributed by atoms with Crippen LogP contribution in [-0.4, -0.2) is 31.9 Å². The lowest BCUT2D eigenvalue weighted by Crippen LogP contribution is -2.44. The van der Waals surface area contributed by atoms with Crippen molar-refractivity contribution in [3.8, 4) is 0 Å². The van der Waals surface area contributed by atoms with E-state index in [1.165, 1.54) is 11.1 Å². The Balaban J connectivity index is 1.78. The number of anilines is 1. The Labute approximate surface area is 126 Å². The van der Waals surface area contributed by atoms with Crippen molar-refractivity contribution in [1.29, 1.82) is 0 Å². The van der Waals surface area contributed by atoms with Gasteiger partial charge in [0.15, 0.2) is 0 Å². The van der Waals surface area contributed by atoms with Gasteiger partial charge >= 0.3 is 10.2 Å². The molecule has 1 fully saturated rings. The van der Waals surface area contributed by atoms with E-state index in [0.717, 1.165) is 38.8 Å². The molecule has 2 aliphatic rings. The van der Waals surface area contributed by atoms with Crippen molar-refractivity contribution in [2.75, 3.05) is 17.8 Å². The molecule has 1 aromatic rings. The van der Waals surface area contributed by atoms with Gasteiger partial charge in [0, 0.05) is 19.1 Å². The summed E-state index contributed by atoms with van der Waals surface area (Å²) in [6, 6.07) is 5.94. The number of piperidine rings is 1. The summed E-state index contributed by atoms with van der Waals surface area (Å²) in [5, 5.41) is 3.31. The summed E-state index contributed by atoms with van der Waals surface area (Å²) in [5.41, 5.74) is 3.16. The van der Waals surface area contributed by atoms with Crippen molar-refractivity contribution in [1.82, 2.24) is 9.62 Å². The molecule has 116 valence electrons. The van der Waals surface area contributed by atoms with Gasteiger partial charge in [0.1, 0.15) is 0 Å². The third-order valence-electron chi connectivity index (χ3n) is 4.39. The quantitative estimate of drug-likeness (QED) is 0.896. The zero-order chi connectivity index (χ0) is 14.9. The van der Waals surface area contributed by atoms with Gasteiger partial charge in [-0.3, -0.25) is 4.72 Å². The summed E-state index contributed by atoms with van der Waals surface area (Å²) in [4.78, 5) is 0. The highest BCUT2D eigenvalue weighted by Gasteiger charge is 2.29. The Hall–Kier alpha value is -1.11. The lowest BCUT2D eigenvalue weighted by Gasteiger charge is -2.32. The zero-order valence-corrected chi connectivity index (χ0v) is 13.2. The van der Waals surface area contributed by atoms with Crippen LogP contribution < -0.4 is 10.0 Å². The Morgan fingerprint density at radius 2 is 2.14 bits per heavy atom. The predicted octanol–water partition coefficient (Wildman–Crippen LogP) is 1.86. The van der Waals surface area contributed by atoms with Gasteiger partial charge in [-0.1, -0.05) is 12.5 Å². The van der Waals surface area contributed by atoms with Gasteiger partial charge in [0.25, 0.3) is 0 Å². The second-order valence-corrected chi connectivity index (χ2v) is 7.60. The molecule has 1 unspecified atom stereocenters. The molecule has 0 radical (unpaired) electrons. The molecule has 3 rings (SSSR count). The summed E-state index contributed by atoms with van der Waals surface area (Å²) in [6.07, 6.45) is 4.00. The van der Waals surface area contributed by atoms with Crippen LogP contribution in [0.4, 0.5) is 5.69 Å². The molecular formula is C15H23N3O2S. The molecule has 0 aliphatic carbocycles. The molecule has 0 spiro atoms. The fraction of sp³-hybridized carbons (Fsp3) is 0.600. The van der Waals surface area contributed by atoms with E-state index in [2.05, 4.69) is 10.0 Å². The van der Waals surface area contributed by atoms with Crippen LogP contribution in [0, 0.1) is 0 Å². The number of fused-ring (bicyclic) bond motifs is 1. The standard InChI is InChI=1S/C15H23N3O2S/c1-12-4-2-3-9-18(12)21(19,20)17-15-6-5-13-7-8-16-11-14(13)10-15/h5-6,10,12,16-17H,2-4,7-9,11H2,1H3. The third-order valence-corrected chi connectivity index (χ3v) is 6.04. The molecule has 5 nitrogen and oxygen atoms in total. The van der Waals surface area contributed by atoms with Crippen LogP contribution in [0.1, 0.15) is 37.3 Å². The van der Waals surface area contributed by atoms with Crippen molar-refractivity contribution in [3.63, 3.8) is 0 Å². The molecule has 0 amide bonds. The second kappa shape index (κ2) is 5.94. The molecule has 6 heteroatoms. The fourth-order valence-electron chi connectivity index (χ4n) is 3.18. The Bertz CT molecular complexity index is 615. The fourth-order valence-corrected chi connectivity index (χ4v) is 4.67. The van der Waals surface area contributed by atoms with E-state index < -0.39 is 10.2 Å². The lowest BCUT2D eigenvalue weighted by atomic mass is 10.0. The van der Waals surface area contributed by atoms with Crippen LogP contribution in [0.2, 0.25) is 0 Å². The van der Waals surface area contributed by atoms with Crippen molar-refractivity contribution < 1.29 is 8.42 Å². The van der Waals surface area contributed by atoms with Crippen molar-refractivity contribution in [2.45, 2.75) is 45.2 Å². The molecule has 2 aliphatic heterocycles. The van der Waals surface area contributed by atoms with Crippen LogP contribution >= 0.6 is 0 Å². The predicted molar refractivity (Wildman–Crippen MR) is 84.4 cm³/mol. The van der Waals surface area contributed by atoms with Gasteiger partial charge in [-0.25, -0.2) is 0 Å². The zero-order valence-electron chi connectivity index (χ0n) is 12.4. The minimum atomic E-state index is -3.45. The highest BCUT2D eigenvalue weighted by Crippen LogP contribution is 2.24. The molecule has 2 heterocycles. The Morgan fingerprint density at radius 1 is 1.29 bits per heavy atom. The maximum absolute atomic E-state index is 12.5. The van der Waals surface area contributed by atoms with E-state index in [1.807, 2.05) is 25.1 Å². The Kier molecular flexibility index (Phi) is 4.19. The van der Waals surface area contributed by atoms with Crippen molar-refractivity contribution in [2.24, 2.45) is 0 Å². The molecule has 0 saturated carbocycles. The summed E-state index contributed by atoms with van der Waals surface area (Å²) in [7, 11) is -3.45. The van der Waals surface area contributed by atoms with E-state index in [0.29, 0.717) is 12.2 Å². The van der Waals surface area contributed by atoms with E-state index in [9.17, 15) is 8.42 Å². The topological polar surface area (TPSA) is 61.4 Å². The van der Waals surface area contributed by atoms with Gasteiger partial charge in [-0.05, 0) is 56.0 Å². The lowest BCUT2D eigenvalue weighted by molar-refractivity contribution is 0.270. The van der Waals surface area contributed by atoms with Gasteiger partial charge in [0.05, 0.1) is 5.69 Å². The monoisotopic (exact) mass is 309 g/mol. The summed E-state index contributed by atoms with van der Waals surface area (Å²) < 4.78 is 29.4. The van der Waals surface area contributed by atoms with Crippen LogP contribution in [0.15, 0.2) is 18.2 Å². The maximum atomic E-state index is 12.5. The number of nitrogens with zero attached hydrogens (tertiary/aromatic N) is 1. The number of benzene rings is 1. The molecule has 1 saturated heterocycles. The molecule has 2 N–H and O–H groups in total. The maximum Gasteiger partial charge on any atom is 0.301 e. The smallest absolute Gasteiger partial charge is 0.301 e. The number of nitrogens with one attached hydrogen (secondary N) is 2. The van der Waals surface area contributed by atoms with E-state index in [4.69, 9.17) is 0 Å². The van der Waals surface area contributed by atoms with Crippen molar-refractivity contribution in [3.05, 3.63) is 29.3 Å². The highest BCUT2D eigenvalue weighted by molar-refractivity contribution is 7.90. The first kappa shape index (κ1) is 14.8. The SMILES string of the molecule is CC1CCCCN1S(=O)(=O)Nc1ccc2c(c1)CNCC2. The van der Waals surface area contributed by atoms with E-state index in [-0.39, 0.29) is 6.04 Å². The minimum Gasteiger partial charge on any atom is -0.312 e. The first-order valence-electron chi connectivity index (χ1n) is 7.68. The van der Waals surface area contributed by atoms with Crippen LogP contribution in [0.25, 0.3) is 0 Å². The summed E-state index contributed by atoms with van der Waals surface area (Å²) >= 11 is 0. The molecule has 1 atom stereocenters. The van der Waals surface area contributed by atoms with E-state index >= 15 is 0 Å². The first-order valence-corrected chi connectivity index (χ1v) is 9.12. The number of rotatable bonds is 3. The molecule has 21 heavy (non-hydrogen) atoms. The average Bonchev–Trinajstić information content (AvgIpc) is 2.47. The normalized spacial score (nSPS) is 23.6. The van der Waals surface area contributed by atoms with Crippen LogP contribution in [-0.2, 0) is 23.2 Å². The summed E-state index contributed by atoms with van der Waals surface area (Å²) in [5.74, 6) is 0. The minimum absolute atomic E-state index is 0.0792. The van der Waals surface area contributed by atoms with Crippen molar-refractivity contribution >= 4 is 15.9 Å².